The normalized spacial score (nSPS) is 20.2. The van der Waals surface area contributed by atoms with Gasteiger partial charge in [0.25, 0.3) is 0 Å². The molecule has 2 rings (SSSR count). The topological polar surface area (TPSA) is 21.3 Å². The molecule has 1 aromatic rings. The van der Waals surface area contributed by atoms with Crippen LogP contribution in [0.4, 0.5) is 0 Å². The number of hydrogen-bond donors (Lipinski definition) is 1. The van der Waals surface area contributed by atoms with Crippen molar-refractivity contribution in [3.05, 3.63) is 29.8 Å². The molecule has 0 aliphatic carbocycles. The highest BCUT2D eigenvalue weighted by molar-refractivity contribution is 7.99. The van der Waals surface area contributed by atoms with Gasteiger partial charge in [0.05, 0.1) is 6.10 Å². The van der Waals surface area contributed by atoms with Crippen LogP contribution in [0.3, 0.4) is 0 Å². The van der Waals surface area contributed by atoms with Gasteiger partial charge in [-0.2, -0.15) is 0 Å². The standard InChI is InChI=1S/C13H19NOS/c1-14-9-11-5-2-3-7-13(11)16-10-12-6-4-8-15-12/h2-3,5,7,12,14H,4,6,8-10H2,1H3. The van der Waals surface area contributed by atoms with Crippen LogP contribution >= 0.6 is 11.8 Å². The molecule has 1 aromatic carbocycles. The first-order chi connectivity index (χ1) is 7.90. The van der Waals surface area contributed by atoms with Gasteiger partial charge in [-0.3, -0.25) is 0 Å². The second-order valence-corrected chi connectivity index (χ2v) is 5.15. The van der Waals surface area contributed by atoms with Crippen LogP contribution in [0.5, 0.6) is 0 Å². The summed E-state index contributed by atoms with van der Waals surface area (Å²) >= 11 is 1.92. The SMILES string of the molecule is CNCc1ccccc1SCC1CCCO1. The second-order valence-electron chi connectivity index (χ2n) is 4.08. The van der Waals surface area contributed by atoms with E-state index >= 15 is 0 Å². The third-order valence-electron chi connectivity index (χ3n) is 2.79. The van der Waals surface area contributed by atoms with Gasteiger partial charge >= 0.3 is 0 Å². The molecule has 1 unspecified atom stereocenters. The van der Waals surface area contributed by atoms with Crippen LogP contribution in [-0.4, -0.2) is 25.5 Å². The van der Waals surface area contributed by atoms with Gasteiger partial charge in [0, 0.05) is 23.8 Å². The Labute approximate surface area is 102 Å². The molecular formula is C13H19NOS. The van der Waals surface area contributed by atoms with Crippen LogP contribution < -0.4 is 5.32 Å². The van der Waals surface area contributed by atoms with Gasteiger partial charge in [0.2, 0.25) is 0 Å². The van der Waals surface area contributed by atoms with Gasteiger partial charge < -0.3 is 10.1 Å². The van der Waals surface area contributed by atoms with Crippen LogP contribution in [0.25, 0.3) is 0 Å². The summed E-state index contributed by atoms with van der Waals surface area (Å²) in [5.41, 5.74) is 1.38. The van der Waals surface area contributed by atoms with E-state index in [2.05, 4.69) is 29.6 Å². The molecular weight excluding hydrogens is 218 g/mol. The molecule has 0 spiro atoms. The van der Waals surface area contributed by atoms with Crippen molar-refractivity contribution >= 4 is 11.8 Å². The fraction of sp³-hybridized carbons (Fsp3) is 0.538. The van der Waals surface area contributed by atoms with Gasteiger partial charge in [0.15, 0.2) is 0 Å². The number of thioether (sulfide) groups is 1. The predicted octanol–water partition coefficient (Wildman–Crippen LogP) is 2.68. The van der Waals surface area contributed by atoms with Crippen molar-refractivity contribution < 1.29 is 4.74 Å². The molecule has 1 heterocycles. The molecule has 0 radical (unpaired) electrons. The molecule has 1 fully saturated rings. The molecule has 0 bridgehead atoms. The van der Waals surface area contributed by atoms with E-state index in [4.69, 9.17) is 4.74 Å². The zero-order chi connectivity index (χ0) is 11.2. The van der Waals surface area contributed by atoms with Gasteiger partial charge in [-0.25, -0.2) is 0 Å². The van der Waals surface area contributed by atoms with E-state index in [-0.39, 0.29) is 0 Å². The van der Waals surface area contributed by atoms with E-state index in [0.29, 0.717) is 6.10 Å². The molecule has 0 saturated carbocycles. The molecule has 1 saturated heterocycles. The quantitative estimate of drug-likeness (QED) is 0.796. The summed E-state index contributed by atoms with van der Waals surface area (Å²) in [7, 11) is 1.99. The minimum absolute atomic E-state index is 0.465. The molecule has 1 aliphatic heterocycles. The minimum Gasteiger partial charge on any atom is -0.377 e. The average molecular weight is 237 g/mol. The van der Waals surface area contributed by atoms with Gasteiger partial charge in [-0.05, 0) is 31.5 Å². The average Bonchev–Trinajstić information content (AvgIpc) is 2.81. The first kappa shape index (κ1) is 12.0. The number of ether oxygens (including phenoxy) is 1. The van der Waals surface area contributed by atoms with E-state index in [1.807, 2.05) is 18.8 Å². The van der Waals surface area contributed by atoms with Crippen LogP contribution in [-0.2, 0) is 11.3 Å². The van der Waals surface area contributed by atoms with Gasteiger partial charge in [-0.15, -0.1) is 11.8 Å². The third kappa shape index (κ3) is 3.24. The number of benzene rings is 1. The van der Waals surface area contributed by atoms with Crippen molar-refractivity contribution in [3.8, 4) is 0 Å². The van der Waals surface area contributed by atoms with Crippen molar-refractivity contribution in [1.29, 1.82) is 0 Å². The molecule has 0 aromatic heterocycles. The Morgan fingerprint density at radius 2 is 2.31 bits per heavy atom. The summed E-state index contributed by atoms with van der Waals surface area (Å²) in [4.78, 5) is 1.38. The van der Waals surface area contributed by atoms with Crippen molar-refractivity contribution in [2.75, 3.05) is 19.4 Å². The van der Waals surface area contributed by atoms with Crippen LogP contribution in [0, 0.1) is 0 Å². The largest absolute Gasteiger partial charge is 0.377 e. The zero-order valence-electron chi connectivity index (χ0n) is 9.74. The zero-order valence-corrected chi connectivity index (χ0v) is 10.6. The summed E-state index contributed by atoms with van der Waals surface area (Å²) in [6.45, 7) is 1.89. The van der Waals surface area contributed by atoms with Gasteiger partial charge in [0.1, 0.15) is 0 Å². The fourth-order valence-electron chi connectivity index (χ4n) is 1.94. The van der Waals surface area contributed by atoms with E-state index in [0.717, 1.165) is 18.9 Å². The van der Waals surface area contributed by atoms with Crippen molar-refractivity contribution in [2.24, 2.45) is 0 Å². The lowest BCUT2D eigenvalue weighted by Gasteiger charge is -2.11. The molecule has 1 N–H and O–H groups in total. The maximum absolute atomic E-state index is 5.64. The molecule has 2 nitrogen and oxygen atoms in total. The summed E-state index contributed by atoms with van der Waals surface area (Å²) in [6.07, 6.45) is 2.91. The maximum atomic E-state index is 5.64. The lowest BCUT2D eigenvalue weighted by molar-refractivity contribution is 0.129. The van der Waals surface area contributed by atoms with Gasteiger partial charge in [-0.1, -0.05) is 18.2 Å². The molecule has 1 atom stereocenters. The van der Waals surface area contributed by atoms with Crippen LogP contribution in [0.2, 0.25) is 0 Å². The Balaban J connectivity index is 1.91. The predicted molar refractivity (Wildman–Crippen MR) is 68.9 cm³/mol. The number of hydrogen-bond acceptors (Lipinski definition) is 3. The summed E-state index contributed by atoms with van der Waals surface area (Å²) in [5.74, 6) is 1.08. The highest BCUT2D eigenvalue weighted by Crippen LogP contribution is 2.26. The summed E-state index contributed by atoms with van der Waals surface area (Å²) in [5, 5.41) is 3.21. The van der Waals surface area contributed by atoms with E-state index < -0.39 is 0 Å². The lowest BCUT2D eigenvalue weighted by atomic mass is 10.2. The minimum atomic E-state index is 0.465. The molecule has 0 amide bonds. The van der Waals surface area contributed by atoms with Crippen molar-refractivity contribution in [3.63, 3.8) is 0 Å². The van der Waals surface area contributed by atoms with E-state index in [1.165, 1.54) is 23.3 Å². The highest BCUT2D eigenvalue weighted by atomic mass is 32.2. The Kier molecular flexibility index (Phi) is 4.69. The maximum Gasteiger partial charge on any atom is 0.0669 e. The Morgan fingerprint density at radius 3 is 3.06 bits per heavy atom. The molecule has 1 aliphatic rings. The second kappa shape index (κ2) is 6.28. The van der Waals surface area contributed by atoms with Crippen molar-refractivity contribution in [2.45, 2.75) is 30.4 Å². The fourth-order valence-corrected chi connectivity index (χ4v) is 3.07. The van der Waals surface area contributed by atoms with E-state index in [1.54, 1.807) is 0 Å². The Morgan fingerprint density at radius 1 is 1.44 bits per heavy atom. The number of rotatable bonds is 5. The van der Waals surface area contributed by atoms with Crippen molar-refractivity contribution in [1.82, 2.24) is 5.32 Å². The number of nitrogens with one attached hydrogen (secondary N) is 1. The highest BCUT2D eigenvalue weighted by Gasteiger charge is 2.15. The first-order valence-electron chi connectivity index (χ1n) is 5.87. The lowest BCUT2D eigenvalue weighted by Crippen LogP contribution is -2.09. The van der Waals surface area contributed by atoms with Crippen LogP contribution in [0.1, 0.15) is 18.4 Å². The Hall–Kier alpha value is -0.510. The van der Waals surface area contributed by atoms with Crippen LogP contribution in [0.15, 0.2) is 29.2 Å². The summed E-state index contributed by atoms with van der Waals surface area (Å²) < 4.78 is 5.64. The van der Waals surface area contributed by atoms with E-state index in [9.17, 15) is 0 Å². The first-order valence-corrected chi connectivity index (χ1v) is 6.85. The monoisotopic (exact) mass is 237 g/mol. The smallest absolute Gasteiger partial charge is 0.0669 e. The third-order valence-corrected chi connectivity index (χ3v) is 4.04. The molecule has 16 heavy (non-hydrogen) atoms. The molecule has 88 valence electrons. The Bertz CT molecular complexity index is 323. The molecule has 3 heteroatoms. The summed E-state index contributed by atoms with van der Waals surface area (Å²) in [6, 6.07) is 8.60.